The molecule has 90 valence electrons. The maximum absolute atomic E-state index is 11.4. The first kappa shape index (κ1) is 12.8. The first-order valence-electron chi connectivity index (χ1n) is 5.84. The third-order valence-corrected chi connectivity index (χ3v) is 2.53. The molecule has 3 N–H and O–H groups in total. The quantitative estimate of drug-likeness (QED) is 0.612. The molecule has 0 saturated heterocycles. The summed E-state index contributed by atoms with van der Waals surface area (Å²) in [6, 6.07) is 4.26. The van der Waals surface area contributed by atoms with Gasteiger partial charge in [0.25, 0.3) is 0 Å². The molecule has 1 unspecified atom stereocenters. The monoisotopic (exact) mass is 223 g/mol. The average molecular weight is 223 g/mol. The summed E-state index contributed by atoms with van der Waals surface area (Å²) in [7, 11) is 0. The highest BCUT2D eigenvalue weighted by Crippen LogP contribution is 1.93. The molecule has 1 heterocycles. The molecule has 1 atom stereocenters. The number of aromatic nitrogens is 1. The van der Waals surface area contributed by atoms with Crippen molar-refractivity contribution in [2.75, 3.05) is 6.54 Å². The first-order valence-corrected chi connectivity index (χ1v) is 5.84. The van der Waals surface area contributed by atoms with Crippen LogP contribution in [-0.4, -0.2) is 23.5 Å². The van der Waals surface area contributed by atoms with Gasteiger partial charge in [0, 0.05) is 37.4 Å². The van der Waals surface area contributed by atoms with Crippen LogP contribution in [-0.2, 0) is 11.3 Å². The number of carbonyl (C=O) groups excluding carboxylic acids is 1. The Hall–Kier alpha value is -1.29. The summed E-state index contributed by atoms with van der Waals surface area (Å²) >= 11 is 0. The van der Waals surface area contributed by atoms with E-state index in [1.165, 1.54) is 0 Å². The van der Waals surface area contributed by atoms with Gasteiger partial charge in [-0.2, -0.15) is 0 Å². The minimum atomic E-state index is 0.119. The predicted octanol–water partition coefficient (Wildman–Crippen LogP) is 1.41. The zero-order valence-electron chi connectivity index (χ0n) is 10.0. The van der Waals surface area contributed by atoms with Crippen LogP contribution in [0.1, 0.15) is 32.4 Å². The summed E-state index contributed by atoms with van der Waals surface area (Å²) in [5.74, 6) is 0.119. The van der Waals surface area contributed by atoms with Crippen molar-refractivity contribution in [3.05, 3.63) is 24.0 Å². The zero-order chi connectivity index (χ0) is 11.8. The van der Waals surface area contributed by atoms with Crippen LogP contribution in [0.2, 0.25) is 0 Å². The molecule has 4 heteroatoms. The molecule has 1 amide bonds. The van der Waals surface area contributed by atoms with Crippen LogP contribution in [0.3, 0.4) is 0 Å². The molecule has 0 aliphatic rings. The lowest BCUT2D eigenvalue weighted by Gasteiger charge is -2.11. The lowest BCUT2D eigenvalue weighted by atomic mass is 10.2. The van der Waals surface area contributed by atoms with Crippen molar-refractivity contribution in [2.24, 2.45) is 0 Å². The number of hydrogen-bond acceptors (Lipinski definition) is 2. The number of amides is 1. The van der Waals surface area contributed by atoms with E-state index < -0.39 is 0 Å². The molecule has 1 aromatic rings. The Bertz CT molecular complexity index is 295. The number of carbonyl (C=O) groups is 1. The van der Waals surface area contributed by atoms with E-state index in [0.717, 1.165) is 18.7 Å². The maximum Gasteiger partial charge on any atom is 0.221 e. The predicted molar refractivity (Wildman–Crippen MR) is 65.0 cm³/mol. The van der Waals surface area contributed by atoms with Crippen molar-refractivity contribution in [1.29, 1.82) is 0 Å². The minimum absolute atomic E-state index is 0.119. The topological polar surface area (TPSA) is 56.9 Å². The smallest absolute Gasteiger partial charge is 0.221 e. The van der Waals surface area contributed by atoms with Gasteiger partial charge in [-0.15, -0.1) is 0 Å². The maximum atomic E-state index is 11.4. The Labute approximate surface area is 96.8 Å². The molecule has 0 saturated carbocycles. The summed E-state index contributed by atoms with van der Waals surface area (Å²) in [6.07, 6.45) is 3.40. The van der Waals surface area contributed by atoms with Gasteiger partial charge < -0.3 is 15.6 Å². The molecule has 1 rings (SSSR count). The third kappa shape index (κ3) is 4.98. The van der Waals surface area contributed by atoms with Gasteiger partial charge in [0.15, 0.2) is 0 Å². The van der Waals surface area contributed by atoms with Gasteiger partial charge in [0.2, 0.25) is 5.91 Å². The Morgan fingerprint density at radius 3 is 3.00 bits per heavy atom. The van der Waals surface area contributed by atoms with Crippen LogP contribution in [0, 0.1) is 0 Å². The highest BCUT2D eigenvalue weighted by Gasteiger charge is 2.04. The molecule has 0 radical (unpaired) electrons. The molecule has 0 fully saturated rings. The van der Waals surface area contributed by atoms with Crippen LogP contribution in [0.4, 0.5) is 0 Å². The first-order chi connectivity index (χ1) is 7.72. The molecule has 1 aromatic heterocycles. The highest BCUT2D eigenvalue weighted by atomic mass is 16.1. The standard InChI is InChI=1S/C12H21N3O/c1-3-10(2)15-12(16)6-8-13-9-11-5-4-7-14-11/h4-5,7,10,13-14H,3,6,8-9H2,1-2H3,(H,15,16). The van der Waals surface area contributed by atoms with Crippen molar-refractivity contribution in [1.82, 2.24) is 15.6 Å². The van der Waals surface area contributed by atoms with Crippen molar-refractivity contribution < 1.29 is 4.79 Å². The Morgan fingerprint density at radius 1 is 1.56 bits per heavy atom. The Balaban J connectivity index is 2.04. The van der Waals surface area contributed by atoms with Crippen LogP contribution in [0.5, 0.6) is 0 Å². The largest absolute Gasteiger partial charge is 0.364 e. The number of nitrogens with one attached hydrogen (secondary N) is 3. The average Bonchev–Trinajstić information content (AvgIpc) is 2.77. The van der Waals surface area contributed by atoms with Crippen LogP contribution < -0.4 is 10.6 Å². The molecule has 4 nitrogen and oxygen atoms in total. The molecule has 0 aliphatic carbocycles. The zero-order valence-corrected chi connectivity index (χ0v) is 10.0. The van der Waals surface area contributed by atoms with Crippen LogP contribution >= 0.6 is 0 Å². The summed E-state index contributed by atoms with van der Waals surface area (Å²) in [4.78, 5) is 14.5. The molecular weight excluding hydrogens is 202 g/mol. The molecule has 0 spiro atoms. The van der Waals surface area contributed by atoms with E-state index in [1.54, 1.807) is 0 Å². The lowest BCUT2D eigenvalue weighted by Crippen LogP contribution is -2.33. The van der Waals surface area contributed by atoms with E-state index in [9.17, 15) is 4.79 Å². The van der Waals surface area contributed by atoms with Gasteiger partial charge in [-0.1, -0.05) is 6.92 Å². The van der Waals surface area contributed by atoms with Crippen LogP contribution in [0.15, 0.2) is 18.3 Å². The summed E-state index contributed by atoms with van der Waals surface area (Å²) in [5.41, 5.74) is 1.14. The molecule has 0 aliphatic heterocycles. The van der Waals surface area contributed by atoms with E-state index in [2.05, 4.69) is 22.5 Å². The summed E-state index contributed by atoms with van der Waals surface area (Å²) < 4.78 is 0. The molecular formula is C12H21N3O. The van der Waals surface area contributed by atoms with E-state index in [0.29, 0.717) is 13.0 Å². The Morgan fingerprint density at radius 2 is 2.38 bits per heavy atom. The lowest BCUT2D eigenvalue weighted by molar-refractivity contribution is -0.121. The van der Waals surface area contributed by atoms with E-state index in [4.69, 9.17) is 0 Å². The number of hydrogen-bond donors (Lipinski definition) is 3. The Kier molecular flexibility index (Phi) is 5.64. The highest BCUT2D eigenvalue weighted by molar-refractivity contribution is 5.76. The van der Waals surface area contributed by atoms with Crippen molar-refractivity contribution in [3.8, 4) is 0 Å². The normalized spacial score (nSPS) is 12.4. The van der Waals surface area contributed by atoms with Crippen molar-refractivity contribution >= 4 is 5.91 Å². The second-order valence-corrected chi connectivity index (χ2v) is 4.00. The second kappa shape index (κ2) is 7.06. The fourth-order valence-electron chi connectivity index (χ4n) is 1.35. The number of aromatic amines is 1. The molecule has 0 aromatic carbocycles. The fourth-order valence-corrected chi connectivity index (χ4v) is 1.35. The third-order valence-electron chi connectivity index (χ3n) is 2.53. The number of H-pyrrole nitrogens is 1. The number of rotatable bonds is 7. The van der Waals surface area contributed by atoms with Gasteiger partial charge in [-0.25, -0.2) is 0 Å². The van der Waals surface area contributed by atoms with Gasteiger partial charge in [0.1, 0.15) is 0 Å². The summed E-state index contributed by atoms with van der Waals surface area (Å²) in [5, 5.41) is 6.15. The van der Waals surface area contributed by atoms with Crippen LogP contribution in [0.25, 0.3) is 0 Å². The van der Waals surface area contributed by atoms with Gasteiger partial charge in [-0.05, 0) is 25.5 Å². The van der Waals surface area contributed by atoms with Gasteiger partial charge >= 0.3 is 0 Å². The van der Waals surface area contributed by atoms with Crippen molar-refractivity contribution in [3.63, 3.8) is 0 Å². The SMILES string of the molecule is CCC(C)NC(=O)CCNCc1ccc[nH]1. The van der Waals surface area contributed by atoms with Gasteiger partial charge in [0.05, 0.1) is 0 Å². The summed E-state index contributed by atoms with van der Waals surface area (Å²) in [6.45, 7) is 5.57. The van der Waals surface area contributed by atoms with E-state index in [1.807, 2.05) is 25.3 Å². The minimum Gasteiger partial charge on any atom is -0.364 e. The van der Waals surface area contributed by atoms with E-state index >= 15 is 0 Å². The van der Waals surface area contributed by atoms with Crippen molar-refractivity contribution in [2.45, 2.75) is 39.3 Å². The van der Waals surface area contributed by atoms with E-state index in [-0.39, 0.29) is 11.9 Å². The fraction of sp³-hybridized carbons (Fsp3) is 0.583. The molecule has 0 bridgehead atoms. The molecule has 16 heavy (non-hydrogen) atoms. The second-order valence-electron chi connectivity index (χ2n) is 4.00. The van der Waals surface area contributed by atoms with Gasteiger partial charge in [-0.3, -0.25) is 4.79 Å².